The summed E-state index contributed by atoms with van der Waals surface area (Å²) in [4.78, 5) is 0. The molecule has 0 atom stereocenters. The number of piperidine rings is 1. The second-order valence-corrected chi connectivity index (χ2v) is 12.4. The van der Waals surface area contributed by atoms with Gasteiger partial charge >= 0.3 is 17.8 Å². The molecule has 35 heavy (non-hydrogen) atoms. The maximum Gasteiger partial charge on any atom is 0.335 e. The van der Waals surface area contributed by atoms with Gasteiger partial charge in [0, 0.05) is 19.2 Å². The van der Waals surface area contributed by atoms with Crippen molar-refractivity contribution in [2.24, 2.45) is 0 Å². The fraction of sp³-hybridized carbons (Fsp3) is 0.455. The molecule has 1 aliphatic heterocycles. The van der Waals surface area contributed by atoms with Crippen molar-refractivity contribution in [2.45, 2.75) is 39.3 Å². The van der Waals surface area contributed by atoms with Gasteiger partial charge in [0.1, 0.15) is 11.5 Å². The van der Waals surface area contributed by atoms with E-state index in [0.29, 0.717) is 18.7 Å². The van der Waals surface area contributed by atoms with E-state index in [9.17, 15) is 18.1 Å². The van der Waals surface area contributed by atoms with E-state index in [4.69, 9.17) is 37.0 Å². The molecule has 194 valence electrons. The number of aromatic hydroxyl groups is 1. The molecule has 0 unspecified atom stereocenters. The number of halogens is 2. The van der Waals surface area contributed by atoms with E-state index in [1.807, 2.05) is 0 Å². The standard InChI is InChI=1S/C22H29Cl2N2O7PS/c1-3-31-34(28,32-4-2)15-16-12-18(23)22(19(24)13-16)33-17-8-9-21(27)20(14-17)25-35(29,30)26-10-6-5-7-11-26/h8-9,12-14,25,27H,3-7,10-11,15H2,1-2H3. The van der Waals surface area contributed by atoms with Crippen LogP contribution in [0.3, 0.4) is 0 Å². The summed E-state index contributed by atoms with van der Waals surface area (Å²) in [5.41, 5.74) is 0.504. The number of phenolic OH excluding ortho intramolecular Hbond substituents is 1. The van der Waals surface area contributed by atoms with E-state index in [1.54, 1.807) is 26.0 Å². The molecule has 0 aromatic heterocycles. The monoisotopic (exact) mass is 566 g/mol. The van der Waals surface area contributed by atoms with Crippen LogP contribution >= 0.6 is 30.8 Å². The highest BCUT2D eigenvalue weighted by Crippen LogP contribution is 2.52. The Morgan fingerprint density at radius 1 is 1.03 bits per heavy atom. The zero-order chi connectivity index (χ0) is 25.6. The lowest BCUT2D eigenvalue weighted by Crippen LogP contribution is -2.39. The molecule has 0 amide bonds. The third-order valence-corrected chi connectivity index (χ3v) is 9.31. The Morgan fingerprint density at radius 3 is 2.20 bits per heavy atom. The second kappa shape index (κ2) is 12.1. The first-order valence-electron chi connectivity index (χ1n) is 11.2. The van der Waals surface area contributed by atoms with E-state index in [1.165, 1.54) is 22.5 Å². The van der Waals surface area contributed by atoms with Crippen molar-refractivity contribution in [2.75, 3.05) is 31.0 Å². The van der Waals surface area contributed by atoms with Gasteiger partial charge in [-0.25, -0.2) is 0 Å². The summed E-state index contributed by atoms with van der Waals surface area (Å²) in [5, 5.41) is 10.5. The third-order valence-electron chi connectivity index (χ3n) is 5.17. The van der Waals surface area contributed by atoms with Crippen molar-refractivity contribution < 1.29 is 31.9 Å². The summed E-state index contributed by atoms with van der Waals surface area (Å²) in [6, 6.07) is 7.20. The van der Waals surface area contributed by atoms with Crippen molar-refractivity contribution >= 4 is 46.7 Å². The van der Waals surface area contributed by atoms with Crippen LogP contribution in [0.1, 0.15) is 38.7 Å². The Hall–Kier alpha value is -1.52. The molecule has 3 rings (SSSR count). The Balaban J connectivity index is 1.80. The number of rotatable bonds is 11. The van der Waals surface area contributed by atoms with Gasteiger partial charge < -0.3 is 18.9 Å². The summed E-state index contributed by atoms with van der Waals surface area (Å²) >= 11 is 12.8. The number of ether oxygens (including phenoxy) is 1. The zero-order valence-electron chi connectivity index (χ0n) is 19.5. The largest absolute Gasteiger partial charge is 0.506 e. The number of nitrogens with one attached hydrogen (secondary N) is 1. The Kier molecular flexibility index (Phi) is 9.74. The van der Waals surface area contributed by atoms with Gasteiger partial charge in [-0.3, -0.25) is 9.29 Å². The fourth-order valence-electron chi connectivity index (χ4n) is 3.63. The summed E-state index contributed by atoms with van der Waals surface area (Å²) in [7, 11) is -7.19. The van der Waals surface area contributed by atoms with Gasteiger partial charge in [0.05, 0.1) is 35.1 Å². The topological polar surface area (TPSA) is 114 Å². The van der Waals surface area contributed by atoms with Crippen LogP contribution in [0.4, 0.5) is 5.69 Å². The molecule has 0 saturated carbocycles. The third kappa shape index (κ3) is 7.49. The highest BCUT2D eigenvalue weighted by atomic mass is 35.5. The number of benzene rings is 2. The first kappa shape index (κ1) is 28.1. The van der Waals surface area contributed by atoms with E-state index in [0.717, 1.165) is 19.3 Å². The minimum Gasteiger partial charge on any atom is -0.506 e. The Morgan fingerprint density at radius 2 is 1.63 bits per heavy atom. The Labute approximate surface area is 216 Å². The van der Waals surface area contributed by atoms with Crippen LogP contribution in [0.15, 0.2) is 30.3 Å². The van der Waals surface area contributed by atoms with E-state index >= 15 is 0 Å². The van der Waals surface area contributed by atoms with Crippen molar-refractivity contribution in [3.05, 3.63) is 45.9 Å². The van der Waals surface area contributed by atoms with Gasteiger partial charge in [0.15, 0.2) is 5.75 Å². The molecule has 1 fully saturated rings. The molecule has 2 N–H and O–H groups in total. The van der Waals surface area contributed by atoms with Gasteiger partial charge in [-0.15, -0.1) is 0 Å². The molecule has 2 aromatic carbocycles. The number of hydrogen-bond donors (Lipinski definition) is 2. The smallest absolute Gasteiger partial charge is 0.335 e. The van der Waals surface area contributed by atoms with E-state index in [2.05, 4.69) is 4.72 Å². The molecule has 13 heteroatoms. The fourth-order valence-corrected chi connectivity index (χ4v) is 7.23. The number of hydrogen-bond acceptors (Lipinski definition) is 7. The number of nitrogens with zero attached hydrogens (tertiary/aromatic N) is 1. The first-order valence-corrected chi connectivity index (χ1v) is 15.1. The molecule has 2 aromatic rings. The lowest BCUT2D eigenvalue weighted by atomic mass is 10.2. The van der Waals surface area contributed by atoms with Crippen LogP contribution in [-0.4, -0.2) is 44.1 Å². The highest BCUT2D eigenvalue weighted by molar-refractivity contribution is 7.90. The van der Waals surface area contributed by atoms with Crippen LogP contribution in [-0.2, 0) is 30.0 Å². The minimum absolute atomic E-state index is 0.0178. The van der Waals surface area contributed by atoms with Crippen LogP contribution < -0.4 is 9.46 Å². The van der Waals surface area contributed by atoms with Gasteiger partial charge in [0.2, 0.25) is 0 Å². The summed E-state index contributed by atoms with van der Waals surface area (Å²) in [5.74, 6) is 0.0633. The van der Waals surface area contributed by atoms with E-state index < -0.39 is 17.8 Å². The lowest BCUT2D eigenvalue weighted by Gasteiger charge is -2.26. The van der Waals surface area contributed by atoms with Gasteiger partial charge in [-0.2, -0.15) is 12.7 Å². The van der Waals surface area contributed by atoms with Gasteiger partial charge in [0.25, 0.3) is 0 Å². The van der Waals surface area contributed by atoms with Crippen LogP contribution in [0.25, 0.3) is 0 Å². The lowest BCUT2D eigenvalue weighted by molar-refractivity contribution is 0.219. The van der Waals surface area contributed by atoms with Crippen molar-refractivity contribution in [1.29, 1.82) is 0 Å². The predicted octanol–water partition coefficient (Wildman–Crippen LogP) is 6.40. The maximum absolute atomic E-state index is 12.8. The number of anilines is 1. The highest BCUT2D eigenvalue weighted by Gasteiger charge is 2.26. The van der Waals surface area contributed by atoms with Crippen molar-refractivity contribution in [3.63, 3.8) is 0 Å². The average molecular weight is 567 g/mol. The maximum atomic E-state index is 12.8. The molecule has 1 aliphatic rings. The second-order valence-electron chi connectivity index (χ2n) is 7.84. The summed E-state index contributed by atoms with van der Waals surface area (Å²) in [6.45, 7) is 4.74. The van der Waals surface area contributed by atoms with Crippen molar-refractivity contribution in [1.82, 2.24) is 4.31 Å². The molecule has 0 spiro atoms. The normalized spacial score (nSPS) is 15.2. The van der Waals surface area contributed by atoms with E-state index in [-0.39, 0.29) is 52.4 Å². The quantitative estimate of drug-likeness (QED) is 0.239. The molecular weight excluding hydrogens is 538 g/mol. The summed E-state index contributed by atoms with van der Waals surface area (Å²) in [6.07, 6.45) is 2.53. The summed E-state index contributed by atoms with van der Waals surface area (Å²) < 4.78 is 58.5. The predicted molar refractivity (Wildman–Crippen MR) is 137 cm³/mol. The van der Waals surface area contributed by atoms with Gasteiger partial charge in [-0.05, 0) is 56.5 Å². The van der Waals surface area contributed by atoms with Gasteiger partial charge in [-0.1, -0.05) is 29.6 Å². The average Bonchev–Trinajstić information content (AvgIpc) is 2.79. The van der Waals surface area contributed by atoms with Crippen LogP contribution in [0.5, 0.6) is 17.2 Å². The molecular formula is C22H29Cl2N2O7PS. The van der Waals surface area contributed by atoms with Crippen LogP contribution in [0, 0.1) is 0 Å². The van der Waals surface area contributed by atoms with Crippen molar-refractivity contribution in [3.8, 4) is 17.2 Å². The molecule has 0 bridgehead atoms. The minimum atomic E-state index is -3.83. The zero-order valence-corrected chi connectivity index (χ0v) is 22.7. The SMILES string of the molecule is CCOP(=O)(Cc1cc(Cl)c(Oc2ccc(O)c(NS(=O)(=O)N3CCCCC3)c2)c(Cl)c1)OCC. The number of phenols is 1. The molecule has 1 heterocycles. The Bertz CT molecular complexity index is 1160. The molecule has 9 nitrogen and oxygen atoms in total. The van der Waals surface area contributed by atoms with Crippen LogP contribution in [0.2, 0.25) is 10.0 Å². The molecule has 0 radical (unpaired) electrons. The first-order chi connectivity index (χ1) is 16.6. The molecule has 0 aliphatic carbocycles. The molecule has 1 saturated heterocycles.